The zero-order valence-corrected chi connectivity index (χ0v) is 18.1. The number of hydrogen-bond acceptors (Lipinski definition) is 4. The molecule has 2 aromatic rings. The fourth-order valence-electron chi connectivity index (χ4n) is 3.83. The first-order valence-electron chi connectivity index (χ1n) is 10.5. The number of ether oxygens (including phenoxy) is 1. The Kier molecular flexibility index (Phi) is 7.50. The highest BCUT2D eigenvalue weighted by atomic mass is 16.5. The van der Waals surface area contributed by atoms with Gasteiger partial charge in [0.2, 0.25) is 5.91 Å². The topological polar surface area (TPSA) is 105 Å². The summed E-state index contributed by atoms with van der Waals surface area (Å²) in [4.78, 5) is 35.5. The van der Waals surface area contributed by atoms with E-state index in [0.29, 0.717) is 6.42 Å². The molecule has 3 N–H and O–H groups in total. The van der Waals surface area contributed by atoms with Crippen molar-refractivity contribution in [3.8, 4) is 23.0 Å². The van der Waals surface area contributed by atoms with Gasteiger partial charge in [-0.05, 0) is 28.2 Å². The largest absolute Gasteiger partial charge is 0.472 e. The van der Waals surface area contributed by atoms with Crippen LogP contribution in [0.3, 0.4) is 0 Å². The molecule has 1 aliphatic rings. The summed E-state index contributed by atoms with van der Waals surface area (Å²) in [6.45, 7) is 3.79. The second-order valence-corrected chi connectivity index (χ2v) is 7.66. The Morgan fingerprint density at radius 1 is 1.06 bits per heavy atom. The summed E-state index contributed by atoms with van der Waals surface area (Å²) >= 11 is 0. The summed E-state index contributed by atoms with van der Waals surface area (Å²) in [5.74, 6) is 2.34. The number of amides is 2. The van der Waals surface area contributed by atoms with Crippen LogP contribution < -0.4 is 10.6 Å². The lowest BCUT2D eigenvalue weighted by Gasteiger charge is -2.23. The molecule has 2 amide bonds. The normalized spacial score (nSPS) is 13.6. The minimum absolute atomic E-state index is 0.0738. The third-order valence-electron chi connectivity index (χ3n) is 5.66. The third-order valence-corrected chi connectivity index (χ3v) is 5.66. The van der Waals surface area contributed by atoms with Gasteiger partial charge in [-0.2, -0.15) is 0 Å². The maximum atomic E-state index is 12.6. The molecule has 7 heteroatoms. The van der Waals surface area contributed by atoms with E-state index >= 15 is 0 Å². The summed E-state index contributed by atoms with van der Waals surface area (Å²) in [6, 6.07) is 15.3. The molecule has 0 bridgehead atoms. The molecule has 0 spiro atoms. The molecule has 0 radical (unpaired) electrons. The van der Waals surface area contributed by atoms with Gasteiger partial charge < -0.3 is 20.5 Å². The number of carbonyl (C=O) groups excluding carboxylic acids is 2. The summed E-state index contributed by atoms with van der Waals surface area (Å²) in [6.07, 6.45) is -0.0216. The molecular formula is C25H26N2O5. The van der Waals surface area contributed by atoms with Crippen molar-refractivity contribution in [3.63, 3.8) is 0 Å². The highest BCUT2D eigenvalue weighted by Gasteiger charge is 2.30. The number of nitrogens with one attached hydrogen (secondary N) is 2. The first-order valence-corrected chi connectivity index (χ1v) is 10.5. The average molecular weight is 434 g/mol. The Morgan fingerprint density at radius 3 is 2.22 bits per heavy atom. The molecule has 0 aromatic heterocycles. The van der Waals surface area contributed by atoms with Crippen molar-refractivity contribution >= 4 is 18.0 Å². The van der Waals surface area contributed by atoms with Gasteiger partial charge in [0.25, 0.3) is 0 Å². The molecule has 0 aliphatic heterocycles. The fraction of sp³-hybridized carbons (Fsp3) is 0.320. The molecule has 1 unspecified atom stereocenters. The summed E-state index contributed by atoms with van der Waals surface area (Å²) < 4.78 is 5.54. The number of carboxylic acid groups (broad SMARTS) is 1. The van der Waals surface area contributed by atoms with Gasteiger partial charge in [-0.1, -0.05) is 74.7 Å². The fourth-order valence-corrected chi connectivity index (χ4v) is 3.83. The van der Waals surface area contributed by atoms with E-state index in [2.05, 4.69) is 28.7 Å². The van der Waals surface area contributed by atoms with E-state index in [1.807, 2.05) is 56.2 Å². The zero-order valence-electron chi connectivity index (χ0n) is 18.1. The molecule has 32 heavy (non-hydrogen) atoms. The number of alkyl carbamates (subject to hydrolysis) is 1. The molecule has 3 rings (SSSR count). The van der Waals surface area contributed by atoms with Crippen molar-refractivity contribution in [3.05, 3.63) is 59.7 Å². The van der Waals surface area contributed by atoms with E-state index in [1.165, 1.54) is 0 Å². The van der Waals surface area contributed by atoms with E-state index in [1.54, 1.807) is 0 Å². The van der Waals surface area contributed by atoms with Crippen molar-refractivity contribution < 1.29 is 24.2 Å². The second kappa shape index (κ2) is 10.5. The monoisotopic (exact) mass is 434 g/mol. The minimum Gasteiger partial charge on any atom is -0.472 e. The molecule has 7 nitrogen and oxygen atoms in total. The van der Waals surface area contributed by atoms with Gasteiger partial charge in [-0.15, -0.1) is 0 Å². The van der Waals surface area contributed by atoms with Crippen molar-refractivity contribution in [1.29, 1.82) is 0 Å². The predicted molar refractivity (Wildman–Crippen MR) is 120 cm³/mol. The van der Waals surface area contributed by atoms with Crippen LogP contribution in [0, 0.1) is 17.8 Å². The Labute approximate surface area is 187 Å². The number of fused-ring (bicyclic) bond motifs is 3. The Balaban J connectivity index is 1.64. The number of carbonyl (C=O) groups is 3. The summed E-state index contributed by atoms with van der Waals surface area (Å²) in [7, 11) is 0. The summed E-state index contributed by atoms with van der Waals surface area (Å²) in [5.41, 5.74) is 4.48. The van der Waals surface area contributed by atoms with Crippen LogP contribution in [0.15, 0.2) is 48.5 Å². The van der Waals surface area contributed by atoms with Crippen LogP contribution >= 0.6 is 0 Å². The smallest absolute Gasteiger partial charge is 0.407 e. The average Bonchev–Trinajstić information content (AvgIpc) is 3.12. The van der Waals surface area contributed by atoms with Gasteiger partial charge in [-0.25, -0.2) is 9.59 Å². The van der Waals surface area contributed by atoms with E-state index in [0.717, 1.165) is 22.3 Å². The maximum absolute atomic E-state index is 12.6. The van der Waals surface area contributed by atoms with Crippen LogP contribution in [0.5, 0.6) is 0 Å². The maximum Gasteiger partial charge on any atom is 0.407 e. The molecular weight excluding hydrogens is 408 g/mol. The van der Waals surface area contributed by atoms with Crippen LogP contribution in [-0.2, 0) is 14.3 Å². The minimum atomic E-state index is -1.27. The van der Waals surface area contributed by atoms with E-state index < -0.39 is 24.0 Å². The second-order valence-electron chi connectivity index (χ2n) is 7.66. The van der Waals surface area contributed by atoms with Crippen LogP contribution in [0.2, 0.25) is 0 Å². The number of rotatable bonds is 7. The van der Waals surface area contributed by atoms with E-state index in [9.17, 15) is 14.4 Å². The van der Waals surface area contributed by atoms with Gasteiger partial charge in [0.15, 0.2) is 0 Å². The number of aliphatic carboxylic acids is 1. The first-order chi connectivity index (χ1) is 15.4. The van der Waals surface area contributed by atoms with E-state index in [-0.39, 0.29) is 25.0 Å². The van der Waals surface area contributed by atoms with Crippen LogP contribution in [0.4, 0.5) is 4.79 Å². The highest BCUT2D eigenvalue weighted by molar-refractivity contribution is 5.88. The number of carboxylic acids is 1. The first kappa shape index (κ1) is 22.9. The lowest BCUT2D eigenvalue weighted by atomic mass is 9.98. The van der Waals surface area contributed by atoms with Crippen LogP contribution in [-0.4, -0.2) is 42.3 Å². The molecule has 166 valence electrons. The van der Waals surface area contributed by atoms with E-state index in [4.69, 9.17) is 9.84 Å². The van der Waals surface area contributed by atoms with Gasteiger partial charge in [0.05, 0.1) is 6.54 Å². The predicted octanol–water partition coefficient (Wildman–Crippen LogP) is 3.14. The SMILES string of the molecule is CCC(C)[C@H](NC(=O)OCC1c2ccccc2-c2ccccc21)C(=O)NCC#CC(=O)O. The molecule has 0 heterocycles. The third kappa shape index (κ3) is 5.27. The van der Waals surface area contributed by atoms with Crippen LogP contribution in [0.1, 0.15) is 37.3 Å². The van der Waals surface area contributed by atoms with Crippen LogP contribution in [0.25, 0.3) is 11.1 Å². The molecule has 1 aliphatic carbocycles. The number of benzene rings is 2. The Morgan fingerprint density at radius 2 is 1.66 bits per heavy atom. The lowest BCUT2D eigenvalue weighted by Crippen LogP contribution is -2.50. The van der Waals surface area contributed by atoms with Crippen molar-refractivity contribution in [2.45, 2.75) is 32.2 Å². The summed E-state index contributed by atoms with van der Waals surface area (Å²) in [5, 5.41) is 13.7. The molecule has 2 atom stereocenters. The lowest BCUT2D eigenvalue weighted by molar-refractivity contribution is -0.130. The Bertz CT molecular complexity index is 1020. The molecule has 0 saturated carbocycles. The van der Waals surface area contributed by atoms with Crippen molar-refractivity contribution in [1.82, 2.24) is 10.6 Å². The molecule has 0 saturated heterocycles. The zero-order chi connectivity index (χ0) is 23.1. The Hall–Kier alpha value is -3.79. The van der Waals surface area contributed by atoms with Gasteiger partial charge in [0, 0.05) is 11.8 Å². The number of hydrogen-bond donors (Lipinski definition) is 3. The molecule has 2 aromatic carbocycles. The highest BCUT2D eigenvalue weighted by Crippen LogP contribution is 2.44. The molecule has 0 fully saturated rings. The van der Waals surface area contributed by atoms with Crippen molar-refractivity contribution in [2.75, 3.05) is 13.2 Å². The van der Waals surface area contributed by atoms with Gasteiger partial charge >= 0.3 is 12.1 Å². The van der Waals surface area contributed by atoms with Gasteiger partial charge in [0.1, 0.15) is 12.6 Å². The van der Waals surface area contributed by atoms with Crippen molar-refractivity contribution in [2.24, 2.45) is 5.92 Å². The quantitative estimate of drug-likeness (QED) is 0.581. The van der Waals surface area contributed by atoms with Gasteiger partial charge in [-0.3, -0.25) is 4.79 Å². The standard InChI is InChI=1S/C25H26N2O5/c1-3-16(2)23(24(30)26-14-8-13-22(28)29)27-25(31)32-15-21-19-11-6-4-9-17(19)18-10-5-7-12-20(18)21/h4-7,9-12,16,21,23H,3,14-15H2,1-2H3,(H,26,30)(H,27,31)(H,28,29)/t16?,23-/m0/s1.